The Morgan fingerprint density at radius 2 is 1.64 bits per heavy atom. The second-order valence-electron chi connectivity index (χ2n) is 6.88. The van der Waals surface area contributed by atoms with E-state index in [0.29, 0.717) is 29.6 Å². The summed E-state index contributed by atoms with van der Waals surface area (Å²) in [5, 5.41) is 0. The van der Waals surface area contributed by atoms with Gasteiger partial charge in [0.1, 0.15) is 0 Å². The molecule has 0 aliphatic rings. The molecule has 0 bridgehead atoms. The van der Waals surface area contributed by atoms with Crippen LogP contribution in [0.5, 0.6) is 0 Å². The van der Waals surface area contributed by atoms with Crippen LogP contribution in [-0.4, -0.2) is 18.9 Å². The number of carbonyl (C=O) groups excluding carboxylic acids is 1. The van der Waals surface area contributed by atoms with E-state index in [1.165, 1.54) is 0 Å². The van der Waals surface area contributed by atoms with Gasteiger partial charge in [-0.25, -0.2) is 5.48 Å². The molecule has 3 N–H and O–H groups in total. The summed E-state index contributed by atoms with van der Waals surface area (Å²) in [7, 11) is 0. The molecule has 0 saturated carbocycles. The molecule has 0 aromatic heterocycles. The van der Waals surface area contributed by atoms with Gasteiger partial charge in [-0.1, -0.05) is 89.7 Å². The van der Waals surface area contributed by atoms with Gasteiger partial charge in [-0.2, -0.15) is 0 Å². The zero-order valence-electron chi connectivity index (χ0n) is 15.8. The zero-order chi connectivity index (χ0) is 18.8. The van der Waals surface area contributed by atoms with E-state index in [1.54, 1.807) is 0 Å². The van der Waals surface area contributed by atoms with Gasteiger partial charge in [0.25, 0.3) is 0 Å². The SMILES string of the molecule is C.C.CCC(CNOCc1ccc(C(=O)c2ccccc2)cc1)CC(C)CN. The lowest BCUT2D eigenvalue weighted by molar-refractivity contribution is 0.0174. The summed E-state index contributed by atoms with van der Waals surface area (Å²) >= 11 is 0. The van der Waals surface area contributed by atoms with E-state index in [2.05, 4.69) is 19.3 Å². The van der Waals surface area contributed by atoms with E-state index < -0.39 is 0 Å². The average molecular weight is 387 g/mol. The minimum absolute atomic E-state index is 0. The van der Waals surface area contributed by atoms with Gasteiger partial charge >= 0.3 is 0 Å². The molecule has 0 radical (unpaired) electrons. The van der Waals surface area contributed by atoms with Crippen molar-refractivity contribution < 1.29 is 9.63 Å². The van der Waals surface area contributed by atoms with Crippen molar-refractivity contribution in [3.63, 3.8) is 0 Å². The first-order valence-electron chi connectivity index (χ1n) is 9.37. The number of hydrogen-bond acceptors (Lipinski definition) is 4. The van der Waals surface area contributed by atoms with Crippen LogP contribution >= 0.6 is 0 Å². The van der Waals surface area contributed by atoms with Crippen LogP contribution in [0.1, 0.15) is 63.0 Å². The molecule has 0 aliphatic heterocycles. The van der Waals surface area contributed by atoms with Crippen LogP contribution in [-0.2, 0) is 11.4 Å². The second-order valence-corrected chi connectivity index (χ2v) is 6.88. The molecule has 2 unspecified atom stereocenters. The van der Waals surface area contributed by atoms with Crippen molar-refractivity contribution in [3.8, 4) is 0 Å². The molecule has 4 nitrogen and oxygen atoms in total. The van der Waals surface area contributed by atoms with Crippen LogP contribution in [0.2, 0.25) is 0 Å². The summed E-state index contributed by atoms with van der Waals surface area (Å²) in [4.78, 5) is 18.0. The Morgan fingerprint density at radius 3 is 2.21 bits per heavy atom. The molecular weight excluding hydrogens is 348 g/mol. The van der Waals surface area contributed by atoms with Gasteiger partial charge in [-0.3, -0.25) is 9.63 Å². The monoisotopic (exact) mass is 386 g/mol. The third kappa shape index (κ3) is 8.34. The standard InChI is InChI=1S/C22H30N2O2.2CH4/c1-3-18(13-17(2)14-23)15-24-26-16-19-9-11-21(12-10-19)22(25)20-7-5-4-6-8-20;;/h4-12,17-18,24H,3,13-16,23H2,1-2H3;2*1H4. The fourth-order valence-corrected chi connectivity index (χ4v) is 2.88. The van der Waals surface area contributed by atoms with Crippen LogP contribution in [0.25, 0.3) is 0 Å². The Hall–Kier alpha value is -2.01. The summed E-state index contributed by atoms with van der Waals surface area (Å²) in [5.41, 5.74) is 11.2. The van der Waals surface area contributed by atoms with E-state index >= 15 is 0 Å². The first-order chi connectivity index (χ1) is 12.6. The zero-order valence-corrected chi connectivity index (χ0v) is 15.8. The number of hydrogen-bond donors (Lipinski definition) is 2. The molecular formula is C24H38N2O2. The summed E-state index contributed by atoms with van der Waals surface area (Å²) in [6, 6.07) is 16.9. The predicted octanol–water partition coefficient (Wildman–Crippen LogP) is 5.22. The molecule has 0 amide bonds. The average Bonchev–Trinajstić information content (AvgIpc) is 2.70. The molecule has 0 fully saturated rings. The quantitative estimate of drug-likeness (QED) is 0.316. The highest BCUT2D eigenvalue weighted by Gasteiger charge is 2.11. The van der Waals surface area contributed by atoms with Crippen molar-refractivity contribution >= 4 is 5.78 Å². The highest BCUT2D eigenvalue weighted by atomic mass is 16.6. The number of rotatable bonds is 11. The summed E-state index contributed by atoms with van der Waals surface area (Å²) in [6.45, 7) is 6.40. The van der Waals surface area contributed by atoms with Crippen LogP contribution < -0.4 is 11.2 Å². The molecule has 4 heteroatoms. The normalized spacial score (nSPS) is 12.4. The van der Waals surface area contributed by atoms with Crippen LogP contribution in [0.4, 0.5) is 0 Å². The number of carbonyl (C=O) groups is 1. The van der Waals surface area contributed by atoms with E-state index in [1.807, 2.05) is 54.6 Å². The second kappa shape index (κ2) is 14.1. The summed E-state index contributed by atoms with van der Waals surface area (Å²) < 4.78 is 0. The Labute approximate surface area is 171 Å². The first-order valence-corrected chi connectivity index (χ1v) is 9.37. The lowest BCUT2D eigenvalue weighted by atomic mass is 9.94. The third-order valence-electron chi connectivity index (χ3n) is 4.68. The molecule has 0 heterocycles. The topological polar surface area (TPSA) is 64.3 Å². The van der Waals surface area contributed by atoms with Crippen LogP contribution in [0.3, 0.4) is 0 Å². The van der Waals surface area contributed by atoms with Crippen molar-refractivity contribution in [1.82, 2.24) is 5.48 Å². The van der Waals surface area contributed by atoms with Gasteiger partial charge in [0, 0.05) is 17.7 Å². The van der Waals surface area contributed by atoms with Crippen molar-refractivity contribution in [1.29, 1.82) is 0 Å². The summed E-state index contributed by atoms with van der Waals surface area (Å²) in [5.74, 6) is 1.15. The molecule has 2 rings (SSSR count). The van der Waals surface area contributed by atoms with Gasteiger partial charge in [0.15, 0.2) is 5.78 Å². The number of ketones is 1. The Morgan fingerprint density at radius 1 is 1.04 bits per heavy atom. The predicted molar refractivity (Wildman–Crippen MR) is 119 cm³/mol. The van der Waals surface area contributed by atoms with E-state index in [0.717, 1.165) is 31.5 Å². The lowest BCUT2D eigenvalue weighted by Gasteiger charge is -2.19. The molecule has 0 aliphatic carbocycles. The fraction of sp³-hybridized carbons (Fsp3) is 0.458. The van der Waals surface area contributed by atoms with Crippen molar-refractivity contribution in [3.05, 3.63) is 71.3 Å². The maximum atomic E-state index is 12.4. The van der Waals surface area contributed by atoms with Gasteiger partial charge < -0.3 is 5.73 Å². The molecule has 0 saturated heterocycles. The largest absolute Gasteiger partial charge is 0.330 e. The highest BCUT2D eigenvalue weighted by molar-refractivity contribution is 6.08. The molecule has 2 aromatic carbocycles. The molecule has 2 atom stereocenters. The van der Waals surface area contributed by atoms with Crippen molar-refractivity contribution in [2.75, 3.05) is 13.1 Å². The molecule has 2 aromatic rings. The Bertz CT molecular complexity index is 656. The minimum atomic E-state index is 0. The maximum absolute atomic E-state index is 12.4. The highest BCUT2D eigenvalue weighted by Crippen LogP contribution is 2.14. The summed E-state index contributed by atoms with van der Waals surface area (Å²) in [6.07, 6.45) is 2.22. The van der Waals surface area contributed by atoms with Crippen LogP contribution in [0, 0.1) is 11.8 Å². The van der Waals surface area contributed by atoms with Crippen molar-refractivity contribution in [2.45, 2.75) is 48.1 Å². The smallest absolute Gasteiger partial charge is 0.193 e. The van der Waals surface area contributed by atoms with E-state index in [4.69, 9.17) is 10.6 Å². The third-order valence-corrected chi connectivity index (χ3v) is 4.68. The first kappa shape index (κ1) is 26.0. The van der Waals surface area contributed by atoms with Gasteiger partial charge in [0.05, 0.1) is 6.61 Å². The number of nitrogens with two attached hydrogens (primary N) is 1. The van der Waals surface area contributed by atoms with Gasteiger partial charge in [-0.15, -0.1) is 0 Å². The van der Waals surface area contributed by atoms with E-state index in [-0.39, 0.29) is 20.6 Å². The number of nitrogens with one attached hydrogen (secondary N) is 1. The lowest BCUT2D eigenvalue weighted by Crippen LogP contribution is -2.25. The minimum Gasteiger partial charge on any atom is -0.330 e. The number of hydroxylamine groups is 1. The van der Waals surface area contributed by atoms with Gasteiger partial charge in [-0.05, 0) is 30.4 Å². The van der Waals surface area contributed by atoms with E-state index in [9.17, 15) is 4.79 Å². The molecule has 0 spiro atoms. The molecule has 28 heavy (non-hydrogen) atoms. The van der Waals surface area contributed by atoms with Crippen LogP contribution in [0.15, 0.2) is 54.6 Å². The van der Waals surface area contributed by atoms with Crippen molar-refractivity contribution in [2.24, 2.45) is 17.6 Å². The fourth-order valence-electron chi connectivity index (χ4n) is 2.88. The van der Waals surface area contributed by atoms with Gasteiger partial charge in [0.2, 0.25) is 0 Å². The Kier molecular flexibility index (Phi) is 13.0. The molecule has 156 valence electrons. The maximum Gasteiger partial charge on any atom is 0.193 e. The Balaban J connectivity index is 0.00000364. The number of benzene rings is 2.